The molecule has 0 aliphatic carbocycles. The molecule has 0 aromatic carbocycles. The number of hydrogen-bond acceptors (Lipinski definition) is 3. The maximum Gasteiger partial charge on any atom is 0.239 e. The standard InChI is InChI=1S/C11H15BrN2O2/c1-7(10-8(12)4-6-16-10)13-9-3-5-14(2)11(9)15/h4,6-7,9,13H,3,5H2,1-2H3. The number of hydrogen-bond donors (Lipinski definition) is 1. The molecular weight excluding hydrogens is 272 g/mol. The van der Waals surface area contributed by atoms with Crippen LogP contribution in [0.2, 0.25) is 0 Å². The molecule has 1 fully saturated rings. The SMILES string of the molecule is CC(NC1CCN(C)C1=O)c1occc1Br. The normalized spacial score (nSPS) is 22.8. The lowest BCUT2D eigenvalue weighted by atomic mass is 10.2. The Labute approximate surface area is 103 Å². The highest BCUT2D eigenvalue weighted by Crippen LogP contribution is 2.25. The van der Waals surface area contributed by atoms with E-state index in [9.17, 15) is 4.79 Å². The first kappa shape index (κ1) is 11.7. The van der Waals surface area contributed by atoms with Crippen LogP contribution in [-0.2, 0) is 4.79 Å². The lowest BCUT2D eigenvalue weighted by Crippen LogP contribution is -2.38. The molecule has 5 heteroatoms. The molecule has 88 valence electrons. The molecule has 16 heavy (non-hydrogen) atoms. The molecular formula is C11H15BrN2O2. The number of amides is 1. The Morgan fingerprint density at radius 1 is 1.69 bits per heavy atom. The number of carbonyl (C=O) groups is 1. The highest BCUT2D eigenvalue weighted by atomic mass is 79.9. The molecule has 0 spiro atoms. The van der Waals surface area contributed by atoms with Crippen molar-refractivity contribution in [1.29, 1.82) is 0 Å². The van der Waals surface area contributed by atoms with Crippen molar-refractivity contribution in [2.45, 2.75) is 25.4 Å². The van der Waals surface area contributed by atoms with Crippen molar-refractivity contribution in [2.75, 3.05) is 13.6 Å². The van der Waals surface area contributed by atoms with Crippen molar-refractivity contribution in [3.05, 3.63) is 22.6 Å². The highest BCUT2D eigenvalue weighted by Gasteiger charge is 2.30. The van der Waals surface area contributed by atoms with Gasteiger partial charge in [-0.3, -0.25) is 10.1 Å². The monoisotopic (exact) mass is 286 g/mol. The number of nitrogens with zero attached hydrogens (tertiary/aromatic N) is 1. The lowest BCUT2D eigenvalue weighted by molar-refractivity contribution is -0.128. The topological polar surface area (TPSA) is 45.5 Å². The Morgan fingerprint density at radius 2 is 2.44 bits per heavy atom. The van der Waals surface area contributed by atoms with E-state index >= 15 is 0 Å². The van der Waals surface area contributed by atoms with Crippen LogP contribution in [0, 0.1) is 0 Å². The number of furan rings is 1. The summed E-state index contributed by atoms with van der Waals surface area (Å²) in [6.45, 7) is 2.82. The van der Waals surface area contributed by atoms with E-state index < -0.39 is 0 Å². The van der Waals surface area contributed by atoms with Gasteiger partial charge in [0, 0.05) is 13.6 Å². The van der Waals surface area contributed by atoms with Crippen LogP contribution < -0.4 is 5.32 Å². The van der Waals surface area contributed by atoms with Gasteiger partial charge in [-0.15, -0.1) is 0 Å². The van der Waals surface area contributed by atoms with Gasteiger partial charge in [0.25, 0.3) is 0 Å². The molecule has 1 aliphatic heterocycles. The van der Waals surface area contributed by atoms with Crippen molar-refractivity contribution in [3.63, 3.8) is 0 Å². The molecule has 1 aromatic heterocycles. The molecule has 0 saturated carbocycles. The van der Waals surface area contributed by atoms with Gasteiger partial charge in [0.1, 0.15) is 5.76 Å². The largest absolute Gasteiger partial charge is 0.466 e. The van der Waals surface area contributed by atoms with E-state index in [1.165, 1.54) is 0 Å². The second kappa shape index (κ2) is 4.59. The van der Waals surface area contributed by atoms with Crippen LogP contribution in [0.15, 0.2) is 21.2 Å². The molecule has 2 unspecified atom stereocenters. The predicted octanol–water partition coefficient (Wildman–Crippen LogP) is 1.92. The first-order chi connectivity index (χ1) is 7.59. The predicted molar refractivity (Wildman–Crippen MR) is 64.0 cm³/mol. The number of likely N-dealkylation sites (N-methyl/N-ethyl adjacent to an activating group) is 1. The lowest BCUT2D eigenvalue weighted by Gasteiger charge is -2.17. The van der Waals surface area contributed by atoms with Crippen molar-refractivity contribution in [2.24, 2.45) is 0 Å². The van der Waals surface area contributed by atoms with E-state index in [1.807, 2.05) is 20.0 Å². The first-order valence-electron chi connectivity index (χ1n) is 5.33. The van der Waals surface area contributed by atoms with Crippen LogP contribution in [0.1, 0.15) is 25.1 Å². The summed E-state index contributed by atoms with van der Waals surface area (Å²) < 4.78 is 6.30. The smallest absolute Gasteiger partial charge is 0.239 e. The molecule has 0 bridgehead atoms. The summed E-state index contributed by atoms with van der Waals surface area (Å²) in [6, 6.07) is 1.80. The second-order valence-corrected chi connectivity index (χ2v) is 4.98. The third-order valence-corrected chi connectivity index (χ3v) is 3.57. The van der Waals surface area contributed by atoms with Crippen molar-refractivity contribution in [1.82, 2.24) is 10.2 Å². The molecule has 1 amide bonds. The first-order valence-corrected chi connectivity index (χ1v) is 6.13. The molecule has 1 saturated heterocycles. The average Bonchev–Trinajstić information content (AvgIpc) is 2.79. The molecule has 4 nitrogen and oxygen atoms in total. The third-order valence-electron chi connectivity index (χ3n) is 2.92. The molecule has 0 radical (unpaired) electrons. The summed E-state index contributed by atoms with van der Waals surface area (Å²) in [4.78, 5) is 13.5. The fourth-order valence-corrected chi connectivity index (χ4v) is 2.51. The fourth-order valence-electron chi connectivity index (χ4n) is 1.97. The number of halogens is 1. The number of nitrogens with one attached hydrogen (secondary N) is 1. The van der Waals surface area contributed by atoms with Gasteiger partial charge in [-0.2, -0.15) is 0 Å². The van der Waals surface area contributed by atoms with E-state index in [4.69, 9.17) is 4.42 Å². The number of rotatable bonds is 3. The zero-order valence-corrected chi connectivity index (χ0v) is 11.0. The Morgan fingerprint density at radius 3 is 2.94 bits per heavy atom. The van der Waals surface area contributed by atoms with Crippen molar-refractivity contribution < 1.29 is 9.21 Å². The maximum absolute atomic E-state index is 11.7. The second-order valence-electron chi connectivity index (χ2n) is 4.12. The fraction of sp³-hybridized carbons (Fsp3) is 0.545. The van der Waals surface area contributed by atoms with Gasteiger partial charge in [-0.05, 0) is 35.3 Å². The number of carbonyl (C=O) groups excluding carboxylic acids is 1. The zero-order valence-electron chi connectivity index (χ0n) is 9.37. The van der Waals surface area contributed by atoms with E-state index in [2.05, 4.69) is 21.2 Å². The van der Waals surface area contributed by atoms with Crippen LogP contribution in [0.4, 0.5) is 0 Å². The van der Waals surface area contributed by atoms with E-state index in [-0.39, 0.29) is 18.0 Å². The van der Waals surface area contributed by atoms with Crippen LogP contribution in [0.25, 0.3) is 0 Å². The Kier molecular flexibility index (Phi) is 3.35. The van der Waals surface area contributed by atoms with Gasteiger partial charge >= 0.3 is 0 Å². The minimum absolute atomic E-state index is 0.0322. The molecule has 1 N–H and O–H groups in total. The van der Waals surface area contributed by atoms with Gasteiger partial charge in [0.2, 0.25) is 5.91 Å². The summed E-state index contributed by atoms with van der Waals surface area (Å²) in [5, 5.41) is 3.29. The Bertz CT molecular complexity index is 391. The van der Waals surface area contributed by atoms with Crippen LogP contribution in [0.3, 0.4) is 0 Å². The van der Waals surface area contributed by atoms with Gasteiger partial charge in [-0.1, -0.05) is 0 Å². The summed E-state index contributed by atoms with van der Waals surface area (Å²) in [6.07, 6.45) is 2.50. The highest BCUT2D eigenvalue weighted by molar-refractivity contribution is 9.10. The van der Waals surface area contributed by atoms with Gasteiger partial charge in [0.15, 0.2) is 0 Å². The van der Waals surface area contributed by atoms with E-state index in [0.717, 1.165) is 23.2 Å². The Hall–Kier alpha value is -0.810. The summed E-state index contributed by atoms with van der Waals surface area (Å²) >= 11 is 3.41. The van der Waals surface area contributed by atoms with Gasteiger partial charge < -0.3 is 9.32 Å². The summed E-state index contributed by atoms with van der Waals surface area (Å²) in [7, 11) is 1.83. The molecule has 2 atom stereocenters. The molecule has 1 aliphatic rings. The Balaban J connectivity index is 2.01. The quantitative estimate of drug-likeness (QED) is 0.924. The van der Waals surface area contributed by atoms with Crippen LogP contribution in [-0.4, -0.2) is 30.4 Å². The minimum Gasteiger partial charge on any atom is -0.466 e. The summed E-state index contributed by atoms with van der Waals surface area (Å²) in [5.74, 6) is 0.997. The maximum atomic E-state index is 11.7. The minimum atomic E-state index is -0.0861. The number of likely N-dealkylation sites (tertiary alicyclic amines) is 1. The molecule has 1 aromatic rings. The summed E-state index contributed by atoms with van der Waals surface area (Å²) in [5.41, 5.74) is 0. The molecule has 2 rings (SSSR count). The van der Waals surface area contributed by atoms with E-state index in [0.29, 0.717) is 0 Å². The van der Waals surface area contributed by atoms with Crippen LogP contribution >= 0.6 is 15.9 Å². The molecule has 2 heterocycles. The van der Waals surface area contributed by atoms with Crippen molar-refractivity contribution in [3.8, 4) is 0 Å². The van der Waals surface area contributed by atoms with Crippen molar-refractivity contribution >= 4 is 21.8 Å². The average molecular weight is 287 g/mol. The van der Waals surface area contributed by atoms with Gasteiger partial charge in [0.05, 0.1) is 22.8 Å². The zero-order chi connectivity index (χ0) is 11.7. The van der Waals surface area contributed by atoms with E-state index in [1.54, 1.807) is 11.2 Å². The third kappa shape index (κ3) is 2.15. The van der Waals surface area contributed by atoms with Gasteiger partial charge in [-0.25, -0.2) is 0 Å². The van der Waals surface area contributed by atoms with Crippen LogP contribution in [0.5, 0.6) is 0 Å².